The van der Waals surface area contributed by atoms with Crippen molar-refractivity contribution in [2.24, 2.45) is 0 Å². The first-order valence-corrected chi connectivity index (χ1v) is 7.47. The van der Waals surface area contributed by atoms with Crippen LogP contribution in [0.5, 0.6) is 0 Å². The molecule has 2 aromatic rings. The average Bonchev–Trinajstić information content (AvgIpc) is 2.54. The van der Waals surface area contributed by atoms with Crippen LogP contribution in [0.4, 0.5) is 0 Å². The zero-order valence-electron chi connectivity index (χ0n) is 13.8. The topological polar surface area (TPSA) is 82.8 Å². The van der Waals surface area contributed by atoms with Crippen LogP contribution in [0, 0.1) is 13.8 Å². The Morgan fingerprint density at radius 3 is 2.46 bits per heavy atom. The number of benzene rings is 1. The van der Waals surface area contributed by atoms with Gasteiger partial charge in [0, 0.05) is 29.2 Å². The monoisotopic (exact) mass is 330 g/mol. The SMILES string of the molecule is CCOC(=O)/C=C/C(=O)OCc1cc(=O)oc2c(C)c(C)ccc12. The molecule has 2 rings (SSSR count). The highest BCUT2D eigenvalue weighted by atomic mass is 16.5. The Morgan fingerprint density at radius 1 is 1.12 bits per heavy atom. The van der Waals surface area contributed by atoms with Crippen LogP contribution in [0.25, 0.3) is 11.0 Å². The summed E-state index contributed by atoms with van der Waals surface area (Å²) in [4.78, 5) is 34.5. The summed E-state index contributed by atoms with van der Waals surface area (Å²) in [5.74, 6) is -1.32. The van der Waals surface area contributed by atoms with Crippen LogP contribution >= 0.6 is 0 Å². The average molecular weight is 330 g/mol. The van der Waals surface area contributed by atoms with E-state index in [1.807, 2.05) is 26.0 Å². The normalized spacial score (nSPS) is 11.0. The third kappa shape index (κ3) is 4.10. The third-order valence-electron chi connectivity index (χ3n) is 3.53. The molecular formula is C18H18O6. The Hall–Kier alpha value is -2.89. The second-order valence-electron chi connectivity index (χ2n) is 5.17. The molecule has 1 heterocycles. The number of hydrogen-bond donors (Lipinski definition) is 0. The number of hydrogen-bond acceptors (Lipinski definition) is 6. The molecule has 0 saturated heterocycles. The van der Waals surface area contributed by atoms with Gasteiger partial charge in [-0.05, 0) is 31.9 Å². The van der Waals surface area contributed by atoms with Crippen LogP contribution in [0.15, 0.2) is 39.6 Å². The van der Waals surface area contributed by atoms with Gasteiger partial charge >= 0.3 is 17.6 Å². The van der Waals surface area contributed by atoms with Crippen LogP contribution in [0.1, 0.15) is 23.6 Å². The van der Waals surface area contributed by atoms with Crippen molar-refractivity contribution in [3.05, 3.63) is 57.5 Å². The van der Waals surface area contributed by atoms with Crippen molar-refractivity contribution in [3.8, 4) is 0 Å². The van der Waals surface area contributed by atoms with Gasteiger partial charge in [0.25, 0.3) is 0 Å². The summed E-state index contributed by atoms with van der Waals surface area (Å²) in [6.07, 6.45) is 1.98. The van der Waals surface area contributed by atoms with Gasteiger partial charge in [-0.15, -0.1) is 0 Å². The maximum Gasteiger partial charge on any atom is 0.336 e. The Bertz CT molecular complexity index is 860. The molecule has 6 nitrogen and oxygen atoms in total. The van der Waals surface area contributed by atoms with Gasteiger partial charge < -0.3 is 13.9 Å². The van der Waals surface area contributed by atoms with Gasteiger partial charge in [0.1, 0.15) is 12.2 Å². The Balaban J connectivity index is 2.19. The van der Waals surface area contributed by atoms with Gasteiger partial charge in [-0.2, -0.15) is 0 Å². The minimum atomic E-state index is -0.701. The van der Waals surface area contributed by atoms with E-state index < -0.39 is 17.6 Å². The molecule has 0 N–H and O–H groups in total. The fourth-order valence-electron chi connectivity index (χ4n) is 2.17. The quantitative estimate of drug-likeness (QED) is 0.476. The first kappa shape index (κ1) is 17.5. The Labute approximate surface area is 138 Å². The summed E-state index contributed by atoms with van der Waals surface area (Å²) in [5, 5.41) is 0.708. The lowest BCUT2D eigenvalue weighted by atomic mass is 10.0. The number of carbonyl (C=O) groups is 2. The van der Waals surface area contributed by atoms with Gasteiger partial charge in [0.15, 0.2) is 0 Å². The summed E-state index contributed by atoms with van der Waals surface area (Å²) >= 11 is 0. The molecule has 0 aliphatic heterocycles. The maximum atomic E-state index is 11.7. The Kier molecular flexibility index (Phi) is 5.52. The van der Waals surface area contributed by atoms with Crippen LogP contribution in [-0.2, 0) is 25.7 Å². The number of aryl methyl sites for hydroxylation is 2. The molecule has 0 spiro atoms. The van der Waals surface area contributed by atoms with E-state index in [4.69, 9.17) is 9.15 Å². The molecule has 6 heteroatoms. The van der Waals surface area contributed by atoms with Crippen molar-refractivity contribution >= 4 is 22.9 Å². The van der Waals surface area contributed by atoms with Gasteiger partial charge in [-0.3, -0.25) is 0 Å². The van der Waals surface area contributed by atoms with Gasteiger partial charge in [-0.25, -0.2) is 14.4 Å². The first-order chi connectivity index (χ1) is 11.4. The third-order valence-corrected chi connectivity index (χ3v) is 3.53. The smallest absolute Gasteiger partial charge is 0.336 e. The number of esters is 2. The van der Waals surface area contributed by atoms with E-state index in [1.54, 1.807) is 6.92 Å². The van der Waals surface area contributed by atoms with Crippen LogP contribution in [-0.4, -0.2) is 18.5 Å². The van der Waals surface area contributed by atoms with E-state index >= 15 is 0 Å². The summed E-state index contributed by atoms with van der Waals surface area (Å²) in [5.41, 5.74) is 2.37. The number of ether oxygens (including phenoxy) is 2. The second kappa shape index (κ2) is 7.59. The standard InChI is InChI=1S/C18H18O6/c1-4-22-15(19)7-8-16(20)23-10-13-9-17(21)24-18-12(3)11(2)5-6-14(13)18/h5-9H,4,10H2,1-3H3/b8-7+. The number of fused-ring (bicyclic) bond motifs is 1. The molecule has 1 aromatic carbocycles. The molecule has 0 amide bonds. The fraction of sp³-hybridized carbons (Fsp3) is 0.278. The van der Waals surface area contributed by atoms with E-state index in [1.165, 1.54) is 6.07 Å². The zero-order chi connectivity index (χ0) is 17.7. The number of rotatable bonds is 5. The summed E-state index contributed by atoms with van der Waals surface area (Å²) < 4.78 is 15.0. The van der Waals surface area contributed by atoms with Gasteiger partial charge in [0.05, 0.1) is 6.61 Å². The lowest BCUT2D eigenvalue weighted by Crippen LogP contribution is -2.07. The minimum Gasteiger partial charge on any atom is -0.463 e. The highest BCUT2D eigenvalue weighted by Gasteiger charge is 2.11. The Morgan fingerprint density at radius 2 is 1.79 bits per heavy atom. The van der Waals surface area contributed by atoms with Crippen molar-refractivity contribution in [2.45, 2.75) is 27.4 Å². The molecule has 0 aliphatic rings. The molecule has 126 valence electrons. The largest absolute Gasteiger partial charge is 0.463 e. The van der Waals surface area contributed by atoms with E-state index in [2.05, 4.69) is 4.74 Å². The lowest BCUT2D eigenvalue weighted by molar-refractivity contribution is -0.141. The number of carbonyl (C=O) groups excluding carboxylic acids is 2. The molecule has 0 saturated carbocycles. The van der Waals surface area contributed by atoms with E-state index in [-0.39, 0.29) is 13.2 Å². The van der Waals surface area contributed by atoms with Crippen molar-refractivity contribution in [1.29, 1.82) is 0 Å². The van der Waals surface area contributed by atoms with Crippen molar-refractivity contribution < 1.29 is 23.5 Å². The summed E-state index contributed by atoms with van der Waals surface area (Å²) in [6, 6.07) is 5.02. The highest BCUT2D eigenvalue weighted by Crippen LogP contribution is 2.23. The van der Waals surface area contributed by atoms with Crippen LogP contribution in [0.3, 0.4) is 0 Å². The van der Waals surface area contributed by atoms with E-state index in [9.17, 15) is 14.4 Å². The first-order valence-electron chi connectivity index (χ1n) is 7.47. The molecule has 24 heavy (non-hydrogen) atoms. The van der Waals surface area contributed by atoms with E-state index in [0.29, 0.717) is 16.5 Å². The van der Waals surface area contributed by atoms with Crippen molar-refractivity contribution in [1.82, 2.24) is 0 Å². The molecule has 0 fully saturated rings. The van der Waals surface area contributed by atoms with Gasteiger partial charge in [-0.1, -0.05) is 12.1 Å². The molecule has 0 atom stereocenters. The summed E-state index contributed by atoms with van der Waals surface area (Å²) in [6.45, 7) is 5.57. The molecule has 0 radical (unpaired) electrons. The maximum absolute atomic E-state index is 11.7. The molecule has 1 aromatic heterocycles. The molecule has 0 aliphatic carbocycles. The van der Waals surface area contributed by atoms with E-state index in [0.717, 1.165) is 23.3 Å². The fourth-order valence-corrected chi connectivity index (χ4v) is 2.17. The predicted octanol–water partition coefficient (Wildman–Crippen LogP) is 2.57. The van der Waals surface area contributed by atoms with Crippen molar-refractivity contribution in [2.75, 3.05) is 6.61 Å². The predicted molar refractivity (Wildman–Crippen MR) is 87.5 cm³/mol. The van der Waals surface area contributed by atoms with Crippen LogP contribution < -0.4 is 5.63 Å². The second-order valence-corrected chi connectivity index (χ2v) is 5.17. The van der Waals surface area contributed by atoms with Crippen molar-refractivity contribution in [3.63, 3.8) is 0 Å². The lowest BCUT2D eigenvalue weighted by Gasteiger charge is -2.09. The summed E-state index contributed by atoms with van der Waals surface area (Å²) in [7, 11) is 0. The highest BCUT2D eigenvalue weighted by molar-refractivity contribution is 5.91. The van der Waals surface area contributed by atoms with Crippen LogP contribution in [0.2, 0.25) is 0 Å². The minimum absolute atomic E-state index is 0.101. The van der Waals surface area contributed by atoms with Gasteiger partial charge in [0.2, 0.25) is 0 Å². The zero-order valence-corrected chi connectivity index (χ0v) is 13.8. The molecule has 0 unspecified atom stereocenters. The molecular weight excluding hydrogens is 312 g/mol. The molecule has 0 bridgehead atoms.